The zero-order valence-corrected chi connectivity index (χ0v) is 10.5. The molecule has 0 aromatic heterocycles. The second kappa shape index (κ2) is 3.99. The highest BCUT2D eigenvalue weighted by molar-refractivity contribution is 5.88. The minimum Gasteiger partial charge on any atom is -0.508 e. The van der Waals surface area contributed by atoms with Crippen molar-refractivity contribution in [1.29, 1.82) is 0 Å². The van der Waals surface area contributed by atoms with Crippen molar-refractivity contribution in [3.8, 4) is 5.75 Å². The molecule has 0 saturated carbocycles. The molecular weight excluding hydrogens is 228 g/mol. The summed E-state index contributed by atoms with van der Waals surface area (Å²) in [5.74, 6) is 0.496. The first-order chi connectivity index (χ1) is 8.61. The molecular formula is C14H18N2O2. The van der Waals surface area contributed by atoms with Gasteiger partial charge in [0.2, 0.25) is 5.91 Å². The number of likely N-dealkylation sites (N-methyl/N-ethyl adjacent to an activating group) is 1. The summed E-state index contributed by atoms with van der Waals surface area (Å²) in [5.41, 5.74) is 0.708. The SMILES string of the molecule is CN1CC[C@]2(CC[C@H](c3cccc(O)c3)N2)C1=O. The Morgan fingerprint density at radius 1 is 1.44 bits per heavy atom. The number of carbonyl (C=O) groups excluding carboxylic acids is 1. The third-order valence-corrected chi connectivity index (χ3v) is 4.21. The highest BCUT2D eigenvalue weighted by Crippen LogP contribution is 2.39. The van der Waals surface area contributed by atoms with Crippen molar-refractivity contribution in [2.45, 2.75) is 30.8 Å². The van der Waals surface area contributed by atoms with Gasteiger partial charge in [0.05, 0.1) is 0 Å². The first-order valence-corrected chi connectivity index (χ1v) is 6.43. The summed E-state index contributed by atoms with van der Waals surface area (Å²) >= 11 is 0. The van der Waals surface area contributed by atoms with Crippen LogP contribution in [-0.2, 0) is 4.79 Å². The van der Waals surface area contributed by atoms with Crippen LogP contribution in [0.1, 0.15) is 30.9 Å². The number of hydrogen-bond acceptors (Lipinski definition) is 3. The lowest BCUT2D eigenvalue weighted by Crippen LogP contribution is -2.47. The van der Waals surface area contributed by atoms with E-state index in [1.807, 2.05) is 19.2 Å². The molecule has 0 unspecified atom stereocenters. The number of likely N-dealkylation sites (tertiary alicyclic amines) is 1. The number of carbonyl (C=O) groups is 1. The van der Waals surface area contributed by atoms with Crippen molar-refractivity contribution < 1.29 is 9.90 Å². The number of benzene rings is 1. The maximum absolute atomic E-state index is 12.2. The van der Waals surface area contributed by atoms with Gasteiger partial charge in [0.1, 0.15) is 11.3 Å². The lowest BCUT2D eigenvalue weighted by atomic mass is 9.96. The van der Waals surface area contributed by atoms with Crippen LogP contribution in [0.3, 0.4) is 0 Å². The second-order valence-corrected chi connectivity index (χ2v) is 5.39. The number of amides is 1. The summed E-state index contributed by atoms with van der Waals surface area (Å²) < 4.78 is 0. The molecule has 4 heteroatoms. The van der Waals surface area contributed by atoms with Crippen LogP contribution in [0.5, 0.6) is 5.75 Å². The molecule has 2 saturated heterocycles. The molecule has 1 amide bonds. The van der Waals surface area contributed by atoms with Gasteiger partial charge in [0, 0.05) is 19.6 Å². The molecule has 0 aliphatic carbocycles. The Balaban J connectivity index is 1.82. The van der Waals surface area contributed by atoms with Gasteiger partial charge in [-0.2, -0.15) is 0 Å². The van der Waals surface area contributed by atoms with Crippen molar-refractivity contribution in [3.63, 3.8) is 0 Å². The quantitative estimate of drug-likeness (QED) is 0.788. The van der Waals surface area contributed by atoms with Gasteiger partial charge in [-0.3, -0.25) is 10.1 Å². The van der Waals surface area contributed by atoms with Gasteiger partial charge in [-0.25, -0.2) is 0 Å². The van der Waals surface area contributed by atoms with Crippen LogP contribution in [0.25, 0.3) is 0 Å². The van der Waals surface area contributed by atoms with E-state index in [0.717, 1.165) is 31.4 Å². The molecule has 2 aliphatic heterocycles. The number of nitrogens with one attached hydrogen (secondary N) is 1. The number of aromatic hydroxyl groups is 1. The van der Waals surface area contributed by atoms with Crippen LogP contribution in [0.2, 0.25) is 0 Å². The summed E-state index contributed by atoms with van der Waals surface area (Å²) in [7, 11) is 1.86. The minimum atomic E-state index is -0.356. The first-order valence-electron chi connectivity index (χ1n) is 6.43. The van der Waals surface area contributed by atoms with E-state index in [0.29, 0.717) is 0 Å². The van der Waals surface area contributed by atoms with Crippen LogP contribution < -0.4 is 5.32 Å². The average molecular weight is 246 g/mol. The topological polar surface area (TPSA) is 52.6 Å². The zero-order valence-electron chi connectivity index (χ0n) is 10.5. The van der Waals surface area contributed by atoms with Gasteiger partial charge in [-0.15, -0.1) is 0 Å². The Morgan fingerprint density at radius 2 is 2.28 bits per heavy atom. The predicted molar refractivity (Wildman–Crippen MR) is 68.2 cm³/mol. The lowest BCUT2D eigenvalue weighted by Gasteiger charge is -2.23. The Bertz CT molecular complexity index is 488. The van der Waals surface area contributed by atoms with E-state index in [9.17, 15) is 9.90 Å². The number of rotatable bonds is 1. The molecule has 2 atom stereocenters. The summed E-state index contributed by atoms with van der Waals surface area (Å²) in [4.78, 5) is 14.0. The van der Waals surface area contributed by atoms with Crippen LogP contribution >= 0.6 is 0 Å². The summed E-state index contributed by atoms with van der Waals surface area (Å²) in [6.07, 6.45) is 2.72. The highest BCUT2D eigenvalue weighted by atomic mass is 16.3. The van der Waals surface area contributed by atoms with E-state index < -0.39 is 0 Å². The largest absolute Gasteiger partial charge is 0.508 e. The van der Waals surface area contributed by atoms with Crippen molar-refractivity contribution >= 4 is 5.91 Å². The third kappa shape index (κ3) is 1.68. The molecule has 18 heavy (non-hydrogen) atoms. The molecule has 1 spiro atoms. The molecule has 4 nitrogen and oxygen atoms in total. The van der Waals surface area contributed by atoms with Gasteiger partial charge in [0.15, 0.2) is 0 Å². The zero-order chi connectivity index (χ0) is 12.8. The van der Waals surface area contributed by atoms with Crippen molar-refractivity contribution in [2.75, 3.05) is 13.6 Å². The fourth-order valence-electron chi connectivity index (χ4n) is 3.16. The molecule has 2 heterocycles. The number of hydrogen-bond donors (Lipinski definition) is 2. The molecule has 96 valence electrons. The van der Waals surface area contributed by atoms with Crippen LogP contribution in [-0.4, -0.2) is 35.0 Å². The maximum Gasteiger partial charge on any atom is 0.242 e. The van der Waals surface area contributed by atoms with Crippen LogP contribution in [0.15, 0.2) is 24.3 Å². The monoisotopic (exact) mass is 246 g/mol. The molecule has 0 radical (unpaired) electrons. The van der Waals surface area contributed by atoms with Crippen LogP contribution in [0, 0.1) is 0 Å². The molecule has 3 rings (SSSR count). The van der Waals surface area contributed by atoms with Crippen molar-refractivity contribution in [1.82, 2.24) is 10.2 Å². The first kappa shape index (κ1) is 11.5. The van der Waals surface area contributed by atoms with Gasteiger partial charge in [-0.05, 0) is 37.0 Å². The fourth-order valence-corrected chi connectivity index (χ4v) is 3.16. The van der Waals surface area contributed by atoms with Crippen LogP contribution in [0.4, 0.5) is 0 Å². The molecule has 2 N–H and O–H groups in total. The normalized spacial score (nSPS) is 31.5. The van der Waals surface area contributed by atoms with E-state index in [4.69, 9.17) is 0 Å². The van der Waals surface area contributed by atoms with Crippen molar-refractivity contribution in [2.24, 2.45) is 0 Å². The standard InChI is InChI=1S/C14H18N2O2/c1-16-8-7-14(13(16)18)6-5-12(15-14)10-3-2-4-11(17)9-10/h2-4,9,12,15,17H,5-8H2,1H3/t12-,14-/m1/s1. The predicted octanol–water partition coefficient (Wildman–Crippen LogP) is 1.42. The van der Waals surface area contributed by atoms with E-state index in [2.05, 4.69) is 5.32 Å². The average Bonchev–Trinajstić information content (AvgIpc) is 2.91. The van der Waals surface area contributed by atoms with E-state index in [1.54, 1.807) is 17.0 Å². The second-order valence-electron chi connectivity index (χ2n) is 5.39. The van der Waals surface area contributed by atoms with Gasteiger partial charge in [-0.1, -0.05) is 12.1 Å². The third-order valence-electron chi connectivity index (χ3n) is 4.21. The number of nitrogens with zero attached hydrogens (tertiary/aromatic N) is 1. The van der Waals surface area contributed by atoms with E-state index >= 15 is 0 Å². The maximum atomic E-state index is 12.2. The fraction of sp³-hybridized carbons (Fsp3) is 0.500. The molecule has 1 aromatic carbocycles. The van der Waals surface area contributed by atoms with Gasteiger partial charge >= 0.3 is 0 Å². The van der Waals surface area contributed by atoms with E-state index in [1.165, 1.54) is 0 Å². The smallest absolute Gasteiger partial charge is 0.242 e. The minimum absolute atomic E-state index is 0.174. The lowest BCUT2D eigenvalue weighted by molar-refractivity contribution is -0.131. The Hall–Kier alpha value is -1.55. The number of phenolic OH excluding ortho intramolecular Hbond substituents is 1. The molecule has 0 bridgehead atoms. The summed E-state index contributed by atoms with van der Waals surface area (Å²) in [5, 5.41) is 13.0. The molecule has 2 aliphatic rings. The van der Waals surface area contributed by atoms with Gasteiger partial charge in [0.25, 0.3) is 0 Å². The summed E-state index contributed by atoms with van der Waals surface area (Å²) in [6.45, 7) is 0.832. The Morgan fingerprint density at radius 3 is 2.94 bits per heavy atom. The highest BCUT2D eigenvalue weighted by Gasteiger charge is 2.49. The van der Waals surface area contributed by atoms with Gasteiger partial charge < -0.3 is 10.0 Å². The summed E-state index contributed by atoms with van der Waals surface area (Å²) in [6, 6.07) is 7.47. The van der Waals surface area contributed by atoms with Crippen molar-refractivity contribution in [3.05, 3.63) is 29.8 Å². The Labute approximate surface area is 107 Å². The molecule has 2 fully saturated rings. The molecule has 1 aromatic rings. The number of phenols is 1. The van der Waals surface area contributed by atoms with E-state index in [-0.39, 0.29) is 23.2 Å². The Kier molecular flexibility index (Phi) is 2.55.